The van der Waals surface area contributed by atoms with Crippen LogP contribution in [0.2, 0.25) is 0 Å². The second-order valence-corrected chi connectivity index (χ2v) is 3.93. The van der Waals surface area contributed by atoms with E-state index >= 15 is 0 Å². The summed E-state index contributed by atoms with van der Waals surface area (Å²) in [5.74, 6) is 5.86. The number of rotatable bonds is 3. The van der Waals surface area contributed by atoms with Crippen molar-refractivity contribution >= 4 is 5.90 Å². The molecule has 2 N–H and O–H groups in total. The number of benzene rings is 2. The Morgan fingerprint density at radius 3 is 1.72 bits per heavy atom. The van der Waals surface area contributed by atoms with E-state index in [9.17, 15) is 0 Å². The zero-order valence-corrected chi connectivity index (χ0v) is 10.3. The van der Waals surface area contributed by atoms with Gasteiger partial charge in [0.2, 0.25) is 5.90 Å². The highest BCUT2D eigenvalue weighted by atomic mass is 16.5. The van der Waals surface area contributed by atoms with Crippen LogP contribution in [-0.4, -0.2) is 13.0 Å². The van der Waals surface area contributed by atoms with E-state index in [0.717, 1.165) is 11.1 Å². The van der Waals surface area contributed by atoms with Crippen molar-refractivity contribution in [2.75, 3.05) is 7.11 Å². The van der Waals surface area contributed by atoms with Gasteiger partial charge in [-0.05, 0) is 11.1 Å². The SMILES string of the molecule is CO/C(=N\N)C(c1ccccc1)c1ccccc1. The molecule has 0 heterocycles. The van der Waals surface area contributed by atoms with Crippen molar-refractivity contribution in [1.29, 1.82) is 0 Å². The molecule has 0 unspecified atom stereocenters. The molecule has 0 radical (unpaired) electrons. The van der Waals surface area contributed by atoms with Gasteiger partial charge in [-0.25, -0.2) is 0 Å². The first-order valence-electron chi connectivity index (χ1n) is 5.78. The van der Waals surface area contributed by atoms with Crippen LogP contribution in [0.15, 0.2) is 65.8 Å². The first-order chi connectivity index (χ1) is 8.86. The van der Waals surface area contributed by atoms with Gasteiger partial charge in [0, 0.05) is 0 Å². The van der Waals surface area contributed by atoms with Gasteiger partial charge in [-0.2, -0.15) is 0 Å². The zero-order chi connectivity index (χ0) is 12.8. The molecule has 0 spiro atoms. The van der Waals surface area contributed by atoms with Crippen LogP contribution in [-0.2, 0) is 4.74 Å². The van der Waals surface area contributed by atoms with Crippen molar-refractivity contribution in [3.05, 3.63) is 71.8 Å². The van der Waals surface area contributed by atoms with E-state index < -0.39 is 0 Å². The fourth-order valence-electron chi connectivity index (χ4n) is 2.01. The molecular weight excluding hydrogens is 224 g/mol. The van der Waals surface area contributed by atoms with Gasteiger partial charge in [-0.3, -0.25) is 0 Å². The average molecular weight is 240 g/mol. The molecule has 3 nitrogen and oxygen atoms in total. The molecule has 3 heteroatoms. The Kier molecular flexibility index (Phi) is 3.97. The molecule has 0 aromatic heterocycles. The third-order valence-corrected chi connectivity index (χ3v) is 2.85. The lowest BCUT2D eigenvalue weighted by Crippen LogP contribution is -2.17. The number of nitrogens with two attached hydrogens (primary N) is 1. The van der Waals surface area contributed by atoms with Gasteiger partial charge in [0.05, 0.1) is 13.0 Å². The number of nitrogens with zero attached hydrogens (tertiary/aromatic N) is 1. The molecule has 0 atom stereocenters. The topological polar surface area (TPSA) is 47.6 Å². The zero-order valence-electron chi connectivity index (χ0n) is 10.3. The summed E-state index contributed by atoms with van der Waals surface area (Å²) in [7, 11) is 1.59. The van der Waals surface area contributed by atoms with Crippen molar-refractivity contribution in [3.8, 4) is 0 Å². The summed E-state index contributed by atoms with van der Waals surface area (Å²) < 4.78 is 5.30. The van der Waals surface area contributed by atoms with E-state index in [-0.39, 0.29) is 5.92 Å². The Labute approximate surface area is 107 Å². The maximum absolute atomic E-state index is 5.42. The van der Waals surface area contributed by atoms with E-state index in [1.807, 2.05) is 60.7 Å². The molecule has 0 bridgehead atoms. The summed E-state index contributed by atoms with van der Waals surface area (Å²) in [5.41, 5.74) is 2.21. The van der Waals surface area contributed by atoms with Crippen molar-refractivity contribution in [2.24, 2.45) is 10.9 Å². The van der Waals surface area contributed by atoms with Gasteiger partial charge in [0.25, 0.3) is 0 Å². The van der Waals surface area contributed by atoms with E-state index in [1.54, 1.807) is 7.11 Å². The molecule has 0 aliphatic heterocycles. The molecule has 0 fully saturated rings. The molecular formula is C15H16N2O. The fourth-order valence-corrected chi connectivity index (χ4v) is 2.01. The lowest BCUT2D eigenvalue weighted by molar-refractivity contribution is 0.385. The molecule has 0 aliphatic carbocycles. The third kappa shape index (κ3) is 2.51. The van der Waals surface area contributed by atoms with Crippen LogP contribution in [0.25, 0.3) is 0 Å². The van der Waals surface area contributed by atoms with Crippen molar-refractivity contribution in [2.45, 2.75) is 5.92 Å². The van der Waals surface area contributed by atoms with E-state index in [0.29, 0.717) is 5.90 Å². The highest BCUT2D eigenvalue weighted by Gasteiger charge is 2.21. The molecule has 92 valence electrons. The fraction of sp³-hybridized carbons (Fsp3) is 0.133. The summed E-state index contributed by atoms with van der Waals surface area (Å²) >= 11 is 0. The summed E-state index contributed by atoms with van der Waals surface area (Å²) in [6.45, 7) is 0. The maximum atomic E-state index is 5.42. The van der Waals surface area contributed by atoms with Crippen LogP contribution in [0, 0.1) is 0 Å². The predicted octanol–water partition coefficient (Wildman–Crippen LogP) is 2.74. The minimum Gasteiger partial charge on any atom is -0.482 e. The highest BCUT2D eigenvalue weighted by Crippen LogP contribution is 2.26. The quantitative estimate of drug-likeness (QED) is 0.388. The maximum Gasteiger partial charge on any atom is 0.217 e. The minimum absolute atomic E-state index is 0.0672. The van der Waals surface area contributed by atoms with Crippen LogP contribution in [0.3, 0.4) is 0 Å². The number of hydrogen-bond acceptors (Lipinski definition) is 3. The second kappa shape index (κ2) is 5.87. The third-order valence-electron chi connectivity index (χ3n) is 2.85. The van der Waals surface area contributed by atoms with E-state index in [2.05, 4.69) is 5.10 Å². The van der Waals surface area contributed by atoms with E-state index in [1.165, 1.54) is 0 Å². The molecule has 0 saturated heterocycles. The molecule has 0 aliphatic rings. The first-order valence-corrected chi connectivity index (χ1v) is 5.78. The van der Waals surface area contributed by atoms with Crippen LogP contribution in [0.1, 0.15) is 17.0 Å². The van der Waals surface area contributed by atoms with E-state index in [4.69, 9.17) is 10.6 Å². The number of hydrogen-bond donors (Lipinski definition) is 1. The Hall–Kier alpha value is -2.29. The normalized spacial score (nSPS) is 11.6. The van der Waals surface area contributed by atoms with Crippen LogP contribution >= 0.6 is 0 Å². The standard InChI is InChI=1S/C15H16N2O/c1-18-15(17-16)14(12-8-4-2-5-9-12)13-10-6-3-7-11-13/h2-11,14H,16H2,1H3/b17-15-. The average Bonchev–Trinajstić information content (AvgIpc) is 2.46. The van der Waals surface area contributed by atoms with Gasteiger partial charge >= 0.3 is 0 Å². The van der Waals surface area contributed by atoms with Gasteiger partial charge < -0.3 is 10.6 Å². The molecule has 2 aromatic carbocycles. The highest BCUT2D eigenvalue weighted by molar-refractivity contribution is 5.86. The Balaban J connectivity index is 2.48. The molecule has 0 amide bonds. The molecule has 0 saturated carbocycles. The molecule has 18 heavy (non-hydrogen) atoms. The second-order valence-electron chi connectivity index (χ2n) is 3.93. The lowest BCUT2D eigenvalue weighted by atomic mass is 9.91. The van der Waals surface area contributed by atoms with Crippen LogP contribution < -0.4 is 5.84 Å². The summed E-state index contributed by atoms with van der Waals surface area (Å²) in [4.78, 5) is 0. The van der Waals surface area contributed by atoms with Crippen LogP contribution in [0.5, 0.6) is 0 Å². The molecule has 2 rings (SSSR count). The summed E-state index contributed by atoms with van der Waals surface area (Å²) in [6.07, 6.45) is 0. The Bertz CT molecular complexity index is 469. The van der Waals surface area contributed by atoms with Gasteiger partial charge in [-0.1, -0.05) is 60.7 Å². The van der Waals surface area contributed by atoms with Gasteiger partial charge in [-0.15, -0.1) is 5.10 Å². The summed E-state index contributed by atoms with van der Waals surface area (Å²) in [5, 5.41) is 3.75. The largest absolute Gasteiger partial charge is 0.482 e. The van der Waals surface area contributed by atoms with Crippen molar-refractivity contribution in [3.63, 3.8) is 0 Å². The summed E-state index contributed by atoms with van der Waals surface area (Å²) in [6, 6.07) is 20.1. The Morgan fingerprint density at radius 1 is 0.944 bits per heavy atom. The van der Waals surface area contributed by atoms with Gasteiger partial charge in [0.15, 0.2) is 0 Å². The lowest BCUT2D eigenvalue weighted by Gasteiger charge is -2.18. The predicted molar refractivity (Wildman–Crippen MR) is 73.4 cm³/mol. The molecule has 2 aromatic rings. The van der Waals surface area contributed by atoms with Crippen LogP contribution in [0.4, 0.5) is 0 Å². The van der Waals surface area contributed by atoms with Crippen molar-refractivity contribution < 1.29 is 4.74 Å². The number of ether oxygens (including phenoxy) is 1. The Morgan fingerprint density at radius 2 is 1.39 bits per heavy atom. The van der Waals surface area contributed by atoms with Gasteiger partial charge in [0.1, 0.15) is 0 Å². The monoisotopic (exact) mass is 240 g/mol. The number of hydrazone groups is 1. The van der Waals surface area contributed by atoms with Crippen molar-refractivity contribution in [1.82, 2.24) is 0 Å². The smallest absolute Gasteiger partial charge is 0.217 e. The minimum atomic E-state index is -0.0672. The number of methoxy groups -OCH3 is 1. The first kappa shape index (κ1) is 12.2.